The number of carbonyl (C=O) groups is 1. The molecule has 0 saturated heterocycles. The molecule has 1 heterocycles. The van der Waals surface area contributed by atoms with Crippen LogP contribution in [0.1, 0.15) is 41.7 Å². The number of hydrogen-bond donors (Lipinski definition) is 0. The molecule has 88 valence electrons. The van der Waals surface area contributed by atoms with Crippen molar-refractivity contribution < 1.29 is 4.79 Å². The van der Waals surface area contributed by atoms with Crippen LogP contribution in [-0.2, 0) is 5.41 Å². The van der Waals surface area contributed by atoms with Gasteiger partial charge < -0.3 is 0 Å². The second-order valence-corrected chi connectivity index (χ2v) is 5.89. The Morgan fingerprint density at radius 2 is 1.82 bits per heavy atom. The van der Waals surface area contributed by atoms with Crippen LogP contribution in [0.15, 0.2) is 35.8 Å². The normalized spacial score (nSPS) is 11.5. The lowest BCUT2D eigenvalue weighted by Gasteiger charge is -2.18. The molecule has 17 heavy (non-hydrogen) atoms. The minimum Gasteiger partial charge on any atom is -0.286 e. The van der Waals surface area contributed by atoms with E-state index in [-0.39, 0.29) is 11.2 Å². The van der Waals surface area contributed by atoms with E-state index < -0.39 is 0 Å². The van der Waals surface area contributed by atoms with Crippen molar-refractivity contribution in [1.29, 1.82) is 0 Å². The Morgan fingerprint density at radius 1 is 1.18 bits per heavy atom. The maximum absolute atomic E-state index is 12.0. The fourth-order valence-electron chi connectivity index (χ4n) is 1.58. The molecule has 0 saturated carbocycles. The molecule has 0 aliphatic rings. The average molecular weight is 245 g/mol. The highest BCUT2D eigenvalue weighted by molar-refractivity contribution is 7.11. The van der Waals surface area contributed by atoms with Gasteiger partial charge in [-0.1, -0.05) is 45.0 Å². The molecule has 0 atom stereocenters. The Morgan fingerprint density at radius 3 is 2.29 bits per heavy atom. The number of rotatable bonds is 2. The van der Waals surface area contributed by atoms with E-state index in [2.05, 4.69) is 25.8 Å². The molecule has 1 aromatic carbocycles. The van der Waals surface area contributed by atoms with Crippen LogP contribution in [0.25, 0.3) is 0 Å². The summed E-state index contributed by atoms with van der Waals surface area (Å²) in [5, 5.41) is 2.37. The van der Waals surface area contributed by atoms with E-state index >= 15 is 0 Å². The van der Waals surface area contributed by atoms with Crippen LogP contribution >= 0.6 is 11.3 Å². The van der Waals surface area contributed by atoms with Crippen molar-refractivity contribution in [2.75, 3.05) is 0 Å². The average Bonchev–Trinajstić information content (AvgIpc) is 2.80. The molecule has 0 radical (unpaired) electrons. The van der Waals surface area contributed by atoms with Gasteiger partial charge in [0.15, 0.2) is 5.01 Å². The van der Waals surface area contributed by atoms with E-state index in [0.717, 1.165) is 0 Å². The third-order valence-electron chi connectivity index (χ3n) is 2.64. The van der Waals surface area contributed by atoms with E-state index in [0.29, 0.717) is 10.6 Å². The highest BCUT2D eigenvalue weighted by Crippen LogP contribution is 2.23. The zero-order chi connectivity index (χ0) is 12.5. The number of carbonyl (C=O) groups excluding carboxylic acids is 1. The van der Waals surface area contributed by atoms with Crippen LogP contribution in [0.4, 0.5) is 0 Å². The van der Waals surface area contributed by atoms with Crippen molar-refractivity contribution in [3.63, 3.8) is 0 Å². The minimum absolute atomic E-state index is 0.000425. The molecule has 2 nitrogen and oxygen atoms in total. The van der Waals surface area contributed by atoms with Gasteiger partial charge in [0.05, 0.1) is 0 Å². The van der Waals surface area contributed by atoms with Gasteiger partial charge in [-0.05, 0) is 11.0 Å². The predicted molar refractivity (Wildman–Crippen MR) is 70.7 cm³/mol. The van der Waals surface area contributed by atoms with Crippen molar-refractivity contribution in [2.45, 2.75) is 26.2 Å². The quantitative estimate of drug-likeness (QED) is 0.756. The molecule has 0 aliphatic carbocycles. The van der Waals surface area contributed by atoms with Crippen LogP contribution in [0.3, 0.4) is 0 Å². The number of nitrogens with zero attached hydrogens (tertiary/aromatic N) is 1. The van der Waals surface area contributed by atoms with Gasteiger partial charge in [0.25, 0.3) is 0 Å². The van der Waals surface area contributed by atoms with Crippen LogP contribution in [0.2, 0.25) is 0 Å². The molecular formula is C14H15NOS. The van der Waals surface area contributed by atoms with Crippen LogP contribution in [-0.4, -0.2) is 10.8 Å². The van der Waals surface area contributed by atoms with Gasteiger partial charge in [0.1, 0.15) is 0 Å². The summed E-state index contributed by atoms with van der Waals surface area (Å²) in [5.74, 6) is 0.000425. The third-order valence-corrected chi connectivity index (χ3v) is 3.41. The third kappa shape index (κ3) is 2.61. The van der Waals surface area contributed by atoms with E-state index in [9.17, 15) is 4.79 Å². The number of aromatic nitrogens is 1. The van der Waals surface area contributed by atoms with E-state index in [1.54, 1.807) is 6.20 Å². The number of hydrogen-bond acceptors (Lipinski definition) is 3. The molecule has 0 N–H and O–H groups in total. The molecule has 0 fully saturated rings. The lowest BCUT2D eigenvalue weighted by molar-refractivity contribution is 0.103. The lowest BCUT2D eigenvalue weighted by Crippen LogP contribution is -2.11. The topological polar surface area (TPSA) is 30.0 Å². The monoisotopic (exact) mass is 245 g/mol. The van der Waals surface area contributed by atoms with Crippen molar-refractivity contribution >= 4 is 17.1 Å². The maximum atomic E-state index is 12.0. The molecule has 0 amide bonds. The largest absolute Gasteiger partial charge is 0.286 e. The van der Waals surface area contributed by atoms with Crippen molar-refractivity contribution in [3.05, 3.63) is 52.0 Å². The van der Waals surface area contributed by atoms with Crippen LogP contribution < -0.4 is 0 Å². The Balaban J connectivity index is 2.28. The first-order valence-corrected chi connectivity index (χ1v) is 6.41. The summed E-state index contributed by atoms with van der Waals surface area (Å²) in [7, 11) is 0. The summed E-state index contributed by atoms with van der Waals surface area (Å²) in [6, 6.07) is 7.79. The summed E-state index contributed by atoms with van der Waals surface area (Å²) >= 11 is 1.37. The molecule has 1 aromatic heterocycles. The van der Waals surface area contributed by atoms with E-state index in [1.165, 1.54) is 16.9 Å². The molecule has 0 unspecified atom stereocenters. The molecule has 3 heteroatoms. The van der Waals surface area contributed by atoms with Gasteiger partial charge in [0.2, 0.25) is 5.78 Å². The first-order valence-electron chi connectivity index (χ1n) is 5.53. The van der Waals surface area contributed by atoms with Crippen molar-refractivity contribution in [1.82, 2.24) is 4.98 Å². The van der Waals surface area contributed by atoms with Gasteiger partial charge in [0, 0.05) is 17.1 Å². The van der Waals surface area contributed by atoms with Gasteiger partial charge >= 0.3 is 0 Å². The highest BCUT2D eigenvalue weighted by atomic mass is 32.1. The standard InChI is InChI=1S/C14H15NOS/c1-14(2,3)11-6-4-10(5-7-11)12(16)13-15-8-9-17-13/h4-9H,1-3H3. The second-order valence-electron chi connectivity index (χ2n) is 4.99. The molecule has 0 aliphatic heterocycles. The molecule has 2 aromatic rings. The van der Waals surface area contributed by atoms with E-state index in [1.807, 2.05) is 29.6 Å². The summed E-state index contributed by atoms with van der Waals surface area (Å²) in [4.78, 5) is 16.0. The minimum atomic E-state index is 0.000425. The Hall–Kier alpha value is -1.48. The smallest absolute Gasteiger partial charge is 0.221 e. The Bertz CT molecular complexity index is 506. The van der Waals surface area contributed by atoms with Crippen LogP contribution in [0, 0.1) is 0 Å². The number of ketones is 1. The highest BCUT2D eigenvalue weighted by Gasteiger charge is 2.15. The van der Waals surface area contributed by atoms with Gasteiger partial charge in [-0.15, -0.1) is 11.3 Å². The van der Waals surface area contributed by atoms with Gasteiger partial charge in [-0.3, -0.25) is 4.79 Å². The predicted octanol–water partition coefficient (Wildman–Crippen LogP) is 3.67. The summed E-state index contributed by atoms with van der Waals surface area (Å²) < 4.78 is 0. The van der Waals surface area contributed by atoms with Gasteiger partial charge in [-0.25, -0.2) is 4.98 Å². The second kappa shape index (κ2) is 4.41. The molecule has 0 spiro atoms. The zero-order valence-electron chi connectivity index (χ0n) is 10.2. The molecule has 2 rings (SSSR count). The Labute approximate surface area is 105 Å². The summed E-state index contributed by atoms with van der Waals surface area (Å²) in [5.41, 5.74) is 2.05. The fourth-order valence-corrected chi connectivity index (χ4v) is 2.18. The summed E-state index contributed by atoms with van der Waals surface area (Å²) in [6.45, 7) is 6.47. The van der Waals surface area contributed by atoms with Gasteiger partial charge in [-0.2, -0.15) is 0 Å². The summed E-state index contributed by atoms with van der Waals surface area (Å²) in [6.07, 6.45) is 1.65. The lowest BCUT2D eigenvalue weighted by atomic mass is 9.86. The SMILES string of the molecule is CC(C)(C)c1ccc(C(=O)c2nccs2)cc1. The molecular weight excluding hydrogens is 230 g/mol. The number of thiazole rings is 1. The first kappa shape index (κ1) is 12.0. The fraction of sp³-hybridized carbons (Fsp3) is 0.286. The van der Waals surface area contributed by atoms with Crippen molar-refractivity contribution in [2.24, 2.45) is 0 Å². The van der Waals surface area contributed by atoms with Crippen molar-refractivity contribution in [3.8, 4) is 0 Å². The Kier molecular flexibility index (Phi) is 3.11. The van der Waals surface area contributed by atoms with Crippen LogP contribution in [0.5, 0.6) is 0 Å². The maximum Gasteiger partial charge on any atom is 0.221 e. The van der Waals surface area contributed by atoms with E-state index in [4.69, 9.17) is 0 Å². The first-order chi connectivity index (χ1) is 7.98. The zero-order valence-corrected chi connectivity index (χ0v) is 11.0. The number of benzene rings is 1. The molecule has 0 bridgehead atoms.